The number of pyridine rings is 1. The molecule has 130 valence electrons. The molecule has 26 heavy (non-hydrogen) atoms. The Kier molecular flexibility index (Phi) is 4.05. The zero-order valence-electron chi connectivity index (χ0n) is 14.1. The van der Waals surface area contributed by atoms with Gasteiger partial charge in [-0.25, -0.2) is 4.98 Å². The summed E-state index contributed by atoms with van der Waals surface area (Å²) in [5, 5.41) is 22.5. The van der Waals surface area contributed by atoms with Gasteiger partial charge in [-0.2, -0.15) is 5.10 Å². The number of hydrogen-bond acceptors (Lipinski definition) is 7. The molecule has 1 amide bonds. The van der Waals surface area contributed by atoms with Gasteiger partial charge in [0, 0.05) is 11.1 Å². The fraction of sp³-hybridized carbons (Fsp3) is 0.118. The van der Waals surface area contributed by atoms with Gasteiger partial charge in [-0.05, 0) is 37.6 Å². The Morgan fingerprint density at radius 1 is 1.15 bits per heavy atom. The summed E-state index contributed by atoms with van der Waals surface area (Å²) in [6.45, 7) is 3.83. The number of aryl methyl sites for hydroxylation is 2. The van der Waals surface area contributed by atoms with Crippen molar-refractivity contribution >= 4 is 44.8 Å². The zero-order valence-corrected chi connectivity index (χ0v) is 14.9. The van der Waals surface area contributed by atoms with Gasteiger partial charge in [-0.15, -0.1) is 10.2 Å². The van der Waals surface area contributed by atoms with Gasteiger partial charge >= 0.3 is 0 Å². The minimum atomic E-state index is -0.315. The Labute approximate surface area is 152 Å². The molecule has 0 saturated heterocycles. The maximum Gasteiger partial charge on any atom is 0.286 e. The number of fused-ring (bicyclic) bond motifs is 1. The first-order valence-corrected chi connectivity index (χ1v) is 8.70. The normalized spacial score (nSPS) is 10.8. The van der Waals surface area contributed by atoms with Crippen LogP contribution in [0.25, 0.3) is 10.9 Å². The lowest BCUT2D eigenvalue weighted by atomic mass is 10.1. The molecule has 0 aliphatic heterocycles. The molecular formula is C17H15N7OS. The zero-order chi connectivity index (χ0) is 18.1. The maximum atomic E-state index is 12.6. The minimum absolute atomic E-state index is 0.264. The third-order valence-electron chi connectivity index (χ3n) is 3.81. The van der Waals surface area contributed by atoms with E-state index in [1.807, 2.05) is 44.2 Å². The van der Waals surface area contributed by atoms with Crippen LogP contribution in [0.1, 0.15) is 21.1 Å². The predicted octanol–water partition coefficient (Wildman–Crippen LogP) is 3.42. The van der Waals surface area contributed by atoms with Gasteiger partial charge in [-0.3, -0.25) is 9.89 Å². The Balaban J connectivity index is 1.55. The second kappa shape index (κ2) is 6.52. The van der Waals surface area contributed by atoms with Crippen molar-refractivity contribution in [3.63, 3.8) is 0 Å². The second-order valence-corrected chi connectivity index (χ2v) is 6.72. The van der Waals surface area contributed by atoms with Gasteiger partial charge in [-0.1, -0.05) is 23.5 Å². The predicted molar refractivity (Wildman–Crippen MR) is 101 cm³/mol. The highest BCUT2D eigenvalue weighted by atomic mass is 32.1. The summed E-state index contributed by atoms with van der Waals surface area (Å²) in [6.07, 6.45) is 1.69. The van der Waals surface area contributed by atoms with Crippen LogP contribution in [-0.4, -0.2) is 31.3 Å². The molecule has 8 nitrogen and oxygen atoms in total. The Morgan fingerprint density at radius 3 is 2.88 bits per heavy atom. The third-order valence-corrected chi connectivity index (χ3v) is 4.65. The Morgan fingerprint density at radius 2 is 2.04 bits per heavy atom. The fourth-order valence-corrected chi connectivity index (χ4v) is 3.19. The number of anilines is 3. The van der Waals surface area contributed by atoms with E-state index in [-0.39, 0.29) is 10.9 Å². The molecule has 3 heterocycles. The molecule has 0 aliphatic rings. The van der Waals surface area contributed by atoms with Gasteiger partial charge in [0.2, 0.25) is 10.1 Å². The lowest BCUT2D eigenvalue weighted by Crippen LogP contribution is -2.12. The Bertz CT molecular complexity index is 1100. The molecule has 4 aromatic rings. The minimum Gasteiger partial charge on any atom is -0.319 e. The molecule has 0 unspecified atom stereocenters. The largest absolute Gasteiger partial charge is 0.319 e. The molecule has 3 aromatic heterocycles. The van der Waals surface area contributed by atoms with Crippen LogP contribution >= 0.6 is 11.3 Å². The highest BCUT2D eigenvalue weighted by molar-refractivity contribution is 7.17. The van der Waals surface area contributed by atoms with Crippen LogP contribution in [0, 0.1) is 13.8 Å². The number of amides is 1. The van der Waals surface area contributed by atoms with Crippen LogP contribution < -0.4 is 10.6 Å². The Hall–Kier alpha value is -3.33. The number of rotatable bonds is 4. The van der Waals surface area contributed by atoms with Crippen molar-refractivity contribution in [3.8, 4) is 0 Å². The number of H-pyrrole nitrogens is 1. The van der Waals surface area contributed by atoms with Crippen LogP contribution in [0.15, 0.2) is 36.5 Å². The first-order chi connectivity index (χ1) is 12.6. The summed E-state index contributed by atoms with van der Waals surface area (Å²) in [5.41, 5.74) is 3.41. The molecule has 3 N–H and O–H groups in total. The highest BCUT2D eigenvalue weighted by Crippen LogP contribution is 2.27. The van der Waals surface area contributed by atoms with Crippen LogP contribution in [-0.2, 0) is 0 Å². The lowest BCUT2D eigenvalue weighted by Gasteiger charge is -2.07. The molecular weight excluding hydrogens is 350 g/mol. The summed E-state index contributed by atoms with van der Waals surface area (Å²) < 4.78 is 0. The number of carbonyl (C=O) groups excluding carboxylic acids is 1. The summed E-state index contributed by atoms with van der Waals surface area (Å²) in [7, 11) is 0. The van der Waals surface area contributed by atoms with Crippen LogP contribution in [0.5, 0.6) is 0 Å². The van der Waals surface area contributed by atoms with Crippen molar-refractivity contribution in [2.45, 2.75) is 13.8 Å². The summed E-state index contributed by atoms with van der Waals surface area (Å²) in [4.78, 5) is 16.9. The maximum absolute atomic E-state index is 12.6. The van der Waals surface area contributed by atoms with Crippen LogP contribution in [0.4, 0.5) is 16.6 Å². The first kappa shape index (κ1) is 16.2. The number of hydrogen-bond donors (Lipinski definition) is 3. The molecule has 0 spiro atoms. The van der Waals surface area contributed by atoms with Crippen molar-refractivity contribution in [2.24, 2.45) is 0 Å². The standard InChI is InChI=1S/C17H15N7OS/c1-9-6-7-12-11(8-18-22-12)14(9)21-15(25)16-23-24-17(26-16)20-13-5-3-4-10(2)19-13/h3-8H,1-2H3,(H,18,22)(H,21,25)(H,19,20,24). The molecule has 1 aromatic carbocycles. The van der Waals surface area contributed by atoms with Gasteiger partial charge in [0.05, 0.1) is 17.4 Å². The second-order valence-electron chi connectivity index (χ2n) is 5.74. The topological polar surface area (TPSA) is 108 Å². The van der Waals surface area contributed by atoms with Crippen LogP contribution in [0.2, 0.25) is 0 Å². The molecule has 9 heteroatoms. The molecule has 0 saturated carbocycles. The smallest absolute Gasteiger partial charge is 0.286 e. The number of nitrogens with one attached hydrogen (secondary N) is 3. The molecule has 0 atom stereocenters. The van der Waals surface area contributed by atoms with E-state index in [1.54, 1.807) is 6.20 Å². The third kappa shape index (κ3) is 3.11. The van der Waals surface area contributed by atoms with Crippen molar-refractivity contribution in [2.75, 3.05) is 10.6 Å². The van der Waals surface area contributed by atoms with Crippen LogP contribution in [0.3, 0.4) is 0 Å². The van der Waals surface area contributed by atoms with E-state index in [0.717, 1.165) is 22.2 Å². The van der Waals surface area contributed by atoms with Crippen molar-refractivity contribution in [1.29, 1.82) is 0 Å². The van der Waals surface area contributed by atoms with E-state index in [9.17, 15) is 4.79 Å². The average Bonchev–Trinajstić information content (AvgIpc) is 3.27. The number of aromatic nitrogens is 5. The highest BCUT2D eigenvalue weighted by Gasteiger charge is 2.16. The molecule has 0 bridgehead atoms. The summed E-state index contributed by atoms with van der Waals surface area (Å²) in [6, 6.07) is 9.48. The van der Waals surface area contributed by atoms with Crippen molar-refractivity contribution in [1.82, 2.24) is 25.4 Å². The van der Waals surface area contributed by atoms with Crippen molar-refractivity contribution in [3.05, 3.63) is 52.8 Å². The number of carbonyl (C=O) groups is 1. The quantitative estimate of drug-likeness (QED) is 0.511. The van der Waals surface area contributed by atoms with E-state index in [2.05, 4.69) is 36.0 Å². The molecule has 0 aliphatic carbocycles. The summed E-state index contributed by atoms with van der Waals surface area (Å²) >= 11 is 1.17. The fourth-order valence-electron chi connectivity index (χ4n) is 2.55. The molecule has 4 rings (SSSR count). The van der Waals surface area contributed by atoms with E-state index < -0.39 is 0 Å². The van der Waals surface area contributed by atoms with Crippen molar-refractivity contribution < 1.29 is 4.79 Å². The molecule has 0 fully saturated rings. The number of aromatic amines is 1. The average molecular weight is 365 g/mol. The molecule has 0 radical (unpaired) electrons. The van der Waals surface area contributed by atoms with Gasteiger partial charge in [0.1, 0.15) is 5.82 Å². The first-order valence-electron chi connectivity index (χ1n) is 7.88. The van der Waals surface area contributed by atoms with E-state index in [1.165, 1.54) is 11.3 Å². The summed E-state index contributed by atoms with van der Waals surface area (Å²) in [5.74, 6) is 0.344. The van der Waals surface area contributed by atoms with E-state index in [0.29, 0.717) is 16.6 Å². The SMILES string of the molecule is Cc1cccc(Nc2nnc(C(=O)Nc3c(C)ccc4[nH]ncc34)s2)n1. The van der Waals surface area contributed by atoms with E-state index >= 15 is 0 Å². The van der Waals surface area contributed by atoms with Gasteiger partial charge in [0.25, 0.3) is 5.91 Å². The lowest BCUT2D eigenvalue weighted by molar-refractivity contribution is 0.102. The number of nitrogens with zero attached hydrogens (tertiary/aromatic N) is 4. The number of benzene rings is 1. The van der Waals surface area contributed by atoms with Gasteiger partial charge < -0.3 is 10.6 Å². The van der Waals surface area contributed by atoms with Gasteiger partial charge in [0.15, 0.2) is 0 Å². The monoisotopic (exact) mass is 365 g/mol. The van der Waals surface area contributed by atoms with E-state index in [4.69, 9.17) is 0 Å².